The molecule has 1 amide bonds. The van der Waals surface area contributed by atoms with Gasteiger partial charge in [0.05, 0.1) is 25.0 Å². The second kappa shape index (κ2) is 8.68. The highest BCUT2D eigenvalue weighted by Crippen LogP contribution is 2.22. The van der Waals surface area contributed by atoms with Gasteiger partial charge in [0, 0.05) is 5.56 Å². The Kier molecular flexibility index (Phi) is 6.34. The average Bonchev–Trinajstić information content (AvgIpc) is 2.62. The number of anilines is 1. The number of esters is 1. The van der Waals surface area contributed by atoms with Crippen LogP contribution in [-0.4, -0.2) is 25.6 Å². The lowest BCUT2D eigenvalue weighted by molar-refractivity contribution is 0.0527. The number of carbonyl (C=O) groups is 2. The van der Waals surface area contributed by atoms with E-state index < -0.39 is 5.97 Å². The average molecular weight is 339 g/mol. The molecule has 0 fully saturated rings. The van der Waals surface area contributed by atoms with Crippen molar-refractivity contribution in [3.8, 4) is 5.75 Å². The highest BCUT2D eigenvalue weighted by Gasteiger charge is 2.15. The largest absolute Gasteiger partial charge is 0.496 e. The van der Waals surface area contributed by atoms with Gasteiger partial charge in [-0.05, 0) is 49.2 Å². The Hall–Kier alpha value is -3.08. The molecule has 130 valence electrons. The van der Waals surface area contributed by atoms with Gasteiger partial charge in [-0.15, -0.1) is 6.58 Å². The van der Waals surface area contributed by atoms with E-state index in [1.54, 1.807) is 62.6 Å². The topological polar surface area (TPSA) is 64.6 Å². The van der Waals surface area contributed by atoms with Gasteiger partial charge in [-0.25, -0.2) is 4.79 Å². The molecule has 1 N–H and O–H groups in total. The molecule has 0 heterocycles. The molecule has 0 aliphatic carbocycles. The molecule has 2 aromatic rings. The molecular formula is C20H21NO4. The molecular weight excluding hydrogens is 318 g/mol. The minimum absolute atomic E-state index is 0.268. The SMILES string of the molecule is C=CCc1cc(C(=O)Nc2ccccc2C(=O)OCC)ccc1OC. The maximum absolute atomic E-state index is 12.6. The Morgan fingerprint density at radius 3 is 2.64 bits per heavy atom. The van der Waals surface area contributed by atoms with Crippen molar-refractivity contribution in [3.63, 3.8) is 0 Å². The summed E-state index contributed by atoms with van der Waals surface area (Å²) in [5, 5.41) is 2.77. The van der Waals surface area contributed by atoms with Crippen LogP contribution in [0.2, 0.25) is 0 Å². The van der Waals surface area contributed by atoms with Crippen molar-refractivity contribution in [3.05, 3.63) is 71.8 Å². The third kappa shape index (κ3) is 4.47. The summed E-state index contributed by atoms with van der Waals surface area (Å²) in [6.07, 6.45) is 2.33. The van der Waals surface area contributed by atoms with Crippen LogP contribution in [0.1, 0.15) is 33.2 Å². The Balaban J connectivity index is 2.27. The molecule has 0 aromatic heterocycles. The van der Waals surface area contributed by atoms with Gasteiger partial charge in [-0.3, -0.25) is 4.79 Å². The van der Waals surface area contributed by atoms with Crippen LogP contribution >= 0.6 is 0 Å². The Bertz CT molecular complexity index is 783. The summed E-state index contributed by atoms with van der Waals surface area (Å²) in [5.41, 5.74) is 2.06. The monoisotopic (exact) mass is 339 g/mol. The number of rotatable bonds is 7. The van der Waals surface area contributed by atoms with E-state index in [-0.39, 0.29) is 12.5 Å². The molecule has 0 atom stereocenters. The third-order valence-corrected chi connectivity index (χ3v) is 3.58. The second-order valence-corrected chi connectivity index (χ2v) is 5.24. The van der Waals surface area contributed by atoms with Crippen molar-refractivity contribution >= 4 is 17.6 Å². The van der Waals surface area contributed by atoms with Gasteiger partial charge in [0.15, 0.2) is 0 Å². The number of amides is 1. The zero-order valence-corrected chi connectivity index (χ0v) is 14.4. The van der Waals surface area contributed by atoms with Crippen LogP contribution in [0, 0.1) is 0 Å². The van der Waals surface area contributed by atoms with E-state index in [4.69, 9.17) is 9.47 Å². The number of hydrogen-bond donors (Lipinski definition) is 1. The number of para-hydroxylation sites is 1. The lowest BCUT2D eigenvalue weighted by atomic mass is 10.1. The predicted octanol–water partition coefficient (Wildman–Crippen LogP) is 3.85. The van der Waals surface area contributed by atoms with Crippen LogP contribution in [0.15, 0.2) is 55.1 Å². The van der Waals surface area contributed by atoms with Crippen molar-refractivity contribution in [2.75, 3.05) is 19.0 Å². The van der Waals surface area contributed by atoms with Gasteiger partial charge in [-0.2, -0.15) is 0 Å². The number of hydrogen-bond acceptors (Lipinski definition) is 4. The van der Waals surface area contributed by atoms with Gasteiger partial charge in [0.1, 0.15) is 5.75 Å². The quantitative estimate of drug-likeness (QED) is 0.615. The van der Waals surface area contributed by atoms with Crippen LogP contribution in [-0.2, 0) is 11.2 Å². The summed E-state index contributed by atoms with van der Waals surface area (Å²) in [5.74, 6) is -0.0893. The van der Waals surface area contributed by atoms with Gasteiger partial charge in [0.2, 0.25) is 0 Å². The van der Waals surface area contributed by atoms with E-state index in [0.717, 1.165) is 5.56 Å². The summed E-state index contributed by atoms with van der Waals surface area (Å²) in [6, 6.07) is 11.9. The third-order valence-electron chi connectivity index (χ3n) is 3.58. The minimum atomic E-state index is -0.472. The van der Waals surface area contributed by atoms with Crippen LogP contribution in [0.4, 0.5) is 5.69 Å². The van der Waals surface area contributed by atoms with Gasteiger partial charge in [-0.1, -0.05) is 18.2 Å². The second-order valence-electron chi connectivity index (χ2n) is 5.24. The van der Waals surface area contributed by atoms with E-state index in [2.05, 4.69) is 11.9 Å². The maximum Gasteiger partial charge on any atom is 0.340 e. The predicted molar refractivity (Wildman–Crippen MR) is 97.2 cm³/mol. The van der Waals surface area contributed by atoms with Crippen LogP contribution in [0.5, 0.6) is 5.75 Å². The molecule has 0 unspecified atom stereocenters. The smallest absolute Gasteiger partial charge is 0.340 e. The highest BCUT2D eigenvalue weighted by atomic mass is 16.5. The molecule has 5 nitrogen and oxygen atoms in total. The normalized spacial score (nSPS) is 10.0. The number of allylic oxidation sites excluding steroid dienone is 1. The molecule has 0 spiro atoms. The molecule has 0 aliphatic heterocycles. The zero-order valence-electron chi connectivity index (χ0n) is 14.4. The van der Waals surface area contributed by atoms with Crippen molar-refractivity contribution in [2.24, 2.45) is 0 Å². The van der Waals surface area contributed by atoms with Crippen LogP contribution in [0.3, 0.4) is 0 Å². The molecule has 5 heteroatoms. The summed E-state index contributed by atoms with van der Waals surface area (Å²) < 4.78 is 10.3. The molecule has 0 aliphatic rings. The molecule has 0 saturated carbocycles. The standard InChI is InChI=1S/C20H21NO4/c1-4-8-14-13-15(11-12-18(14)24-3)19(22)21-17-10-7-6-9-16(17)20(23)25-5-2/h4,6-7,9-13H,1,5,8H2,2-3H3,(H,21,22). The highest BCUT2D eigenvalue weighted by molar-refractivity contribution is 6.08. The summed E-state index contributed by atoms with van der Waals surface area (Å²) in [4.78, 5) is 24.6. The van der Waals surface area contributed by atoms with Crippen molar-refractivity contribution < 1.29 is 19.1 Å². The van der Waals surface area contributed by atoms with Gasteiger partial charge >= 0.3 is 5.97 Å². The molecule has 2 aromatic carbocycles. The first-order valence-electron chi connectivity index (χ1n) is 7.96. The van der Waals surface area contributed by atoms with Crippen molar-refractivity contribution in [2.45, 2.75) is 13.3 Å². The van der Waals surface area contributed by atoms with Gasteiger partial charge in [0.25, 0.3) is 5.91 Å². The molecule has 25 heavy (non-hydrogen) atoms. The maximum atomic E-state index is 12.6. The minimum Gasteiger partial charge on any atom is -0.496 e. The Morgan fingerprint density at radius 1 is 1.20 bits per heavy atom. The summed E-state index contributed by atoms with van der Waals surface area (Å²) in [7, 11) is 1.58. The fraction of sp³-hybridized carbons (Fsp3) is 0.200. The molecule has 2 rings (SSSR count). The van der Waals surface area contributed by atoms with Crippen molar-refractivity contribution in [1.82, 2.24) is 0 Å². The Labute approximate surface area is 147 Å². The number of carbonyl (C=O) groups excluding carboxylic acids is 2. The molecule has 0 bridgehead atoms. The first kappa shape index (κ1) is 18.3. The molecule has 0 radical (unpaired) electrons. The van der Waals surface area contributed by atoms with E-state index in [9.17, 15) is 9.59 Å². The van der Waals surface area contributed by atoms with E-state index in [1.807, 2.05) is 0 Å². The van der Waals surface area contributed by atoms with Crippen molar-refractivity contribution in [1.29, 1.82) is 0 Å². The van der Waals surface area contributed by atoms with Crippen LogP contribution < -0.4 is 10.1 Å². The first-order valence-corrected chi connectivity index (χ1v) is 7.96. The number of ether oxygens (including phenoxy) is 2. The summed E-state index contributed by atoms with van der Waals surface area (Å²) in [6.45, 7) is 5.72. The van der Waals surface area contributed by atoms with Gasteiger partial charge < -0.3 is 14.8 Å². The molecule has 0 saturated heterocycles. The Morgan fingerprint density at radius 2 is 1.96 bits per heavy atom. The van der Waals surface area contributed by atoms with E-state index >= 15 is 0 Å². The van der Waals surface area contributed by atoms with Crippen LogP contribution in [0.25, 0.3) is 0 Å². The lowest BCUT2D eigenvalue weighted by Crippen LogP contribution is -2.16. The zero-order chi connectivity index (χ0) is 18.2. The number of benzene rings is 2. The first-order chi connectivity index (χ1) is 12.1. The number of nitrogens with one attached hydrogen (secondary N) is 1. The summed E-state index contributed by atoms with van der Waals surface area (Å²) >= 11 is 0. The van der Waals surface area contributed by atoms with E-state index in [1.165, 1.54) is 0 Å². The van der Waals surface area contributed by atoms with E-state index in [0.29, 0.717) is 29.0 Å². The fourth-order valence-corrected chi connectivity index (χ4v) is 2.41. The fourth-order valence-electron chi connectivity index (χ4n) is 2.41. The lowest BCUT2D eigenvalue weighted by Gasteiger charge is -2.12. The number of methoxy groups -OCH3 is 1.